The molecule has 31 heavy (non-hydrogen) atoms. The number of hydrazone groups is 1. The van der Waals surface area contributed by atoms with Crippen molar-refractivity contribution >= 4 is 23.0 Å². The Bertz CT molecular complexity index is 1110. The van der Waals surface area contributed by atoms with Crippen molar-refractivity contribution in [1.82, 2.24) is 5.01 Å². The number of rotatable bonds is 6. The second-order valence-electron chi connectivity index (χ2n) is 7.26. The fourth-order valence-corrected chi connectivity index (χ4v) is 4.71. The Labute approximate surface area is 184 Å². The number of para-hydroxylation sites is 2. The molecular formula is C24H22N2O4S. The van der Waals surface area contributed by atoms with Gasteiger partial charge in [-0.1, -0.05) is 36.4 Å². The molecule has 0 fully saturated rings. The first-order valence-corrected chi connectivity index (χ1v) is 11.1. The van der Waals surface area contributed by atoms with E-state index in [0.717, 1.165) is 33.9 Å². The maximum Gasteiger partial charge on any atom is 0.344 e. The largest absolute Gasteiger partial charge is 0.481 e. The van der Waals surface area contributed by atoms with Crippen LogP contribution in [0.25, 0.3) is 0 Å². The molecule has 0 saturated carbocycles. The van der Waals surface area contributed by atoms with E-state index in [1.807, 2.05) is 53.5 Å². The Kier molecular flexibility index (Phi) is 5.34. The molecule has 0 radical (unpaired) electrons. The molecule has 5 rings (SSSR count). The summed E-state index contributed by atoms with van der Waals surface area (Å²) in [5, 5.41) is 9.05. The van der Waals surface area contributed by atoms with Gasteiger partial charge in [0.25, 0.3) is 0 Å². The van der Waals surface area contributed by atoms with Gasteiger partial charge in [0.05, 0.1) is 28.8 Å². The molecule has 2 aliphatic rings. The second-order valence-corrected chi connectivity index (χ2v) is 8.21. The highest BCUT2D eigenvalue weighted by Crippen LogP contribution is 2.48. The van der Waals surface area contributed by atoms with Crippen LogP contribution in [0.3, 0.4) is 0 Å². The fraction of sp³-hybridized carbons (Fsp3) is 0.250. The van der Waals surface area contributed by atoms with Crippen LogP contribution in [0.2, 0.25) is 0 Å². The Morgan fingerprint density at radius 1 is 1.13 bits per heavy atom. The SMILES string of the molecule is CCOC(=O)COc1ccccc1[C@H]1Oc2ccccc2[C@H]2CC(c3cccs3)=NN21. The number of ether oxygens (including phenoxy) is 3. The third kappa shape index (κ3) is 3.77. The van der Waals surface area contributed by atoms with Crippen LogP contribution in [0.15, 0.2) is 71.1 Å². The molecule has 1 aromatic heterocycles. The van der Waals surface area contributed by atoms with E-state index in [1.54, 1.807) is 18.3 Å². The van der Waals surface area contributed by atoms with Gasteiger partial charge in [-0.15, -0.1) is 11.3 Å². The number of esters is 1. The Balaban J connectivity index is 1.51. The van der Waals surface area contributed by atoms with Crippen molar-refractivity contribution in [3.8, 4) is 11.5 Å². The Morgan fingerprint density at radius 2 is 1.94 bits per heavy atom. The molecule has 0 amide bonds. The lowest BCUT2D eigenvalue weighted by Crippen LogP contribution is -2.34. The molecule has 3 heterocycles. The normalized spacial score (nSPS) is 19.1. The zero-order chi connectivity index (χ0) is 21.2. The average molecular weight is 435 g/mol. The van der Waals surface area contributed by atoms with Gasteiger partial charge in [0.15, 0.2) is 6.61 Å². The Morgan fingerprint density at radius 3 is 2.74 bits per heavy atom. The van der Waals surface area contributed by atoms with Crippen molar-refractivity contribution in [2.75, 3.05) is 13.2 Å². The zero-order valence-corrected chi connectivity index (χ0v) is 17.9. The van der Waals surface area contributed by atoms with Crippen molar-refractivity contribution < 1.29 is 19.0 Å². The van der Waals surface area contributed by atoms with Gasteiger partial charge in [0.1, 0.15) is 11.5 Å². The molecule has 158 valence electrons. The monoisotopic (exact) mass is 434 g/mol. The first kappa shape index (κ1) is 19.6. The minimum absolute atomic E-state index is 0.0742. The maximum atomic E-state index is 11.8. The molecule has 0 spiro atoms. The highest BCUT2D eigenvalue weighted by Gasteiger charge is 2.42. The van der Waals surface area contributed by atoms with Crippen LogP contribution in [-0.2, 0) is 9.53 Å². The van der Waals surface area contributed by atoms with Gasteiger partial charge in [-0.2, -0.15) is 5.10 Å². The number of benzene rings is 2. The molecule has 7 heteroatoms. The van der Waals surface area contributed by atoms with Crippen LogP contribution >= 0.6 is 11.3 Å². The summed E-state index contributed by atoms with van der Waals surface area (Å²) in [4.78, 5) is 13.0. The van der Waals surface area contributed by atoms with Crippen molar-refractivity contribution in [1.29, 1.82) is 0 Å². The fourth-order valence-electron chi connectivity index (χ4n) is 3.99. The summed E-state index contributed by atoms with van der Waals surface area (Å²) in [5.74, 6) is 1.03. The third-order valence-corrected chi connectivity index (χ3v) is 6.26. The van der Waals surface area contributed by atoms with E-state index in [4.69, 9.17) is 19.3 Å². The molecular weight excluding hydrogens is 412 g/mol. The number of fused-ring (bicyclic) bond motifs is 3. The van der Waals surface area contributed by atoms with Gasteiger partial charge in [0, 0.05) is 12.0 Å². The minimum atomic E-state index is -0.462. The first-order chi connectivity index (χ1) is 15.2. The van der Waals surface area contributed by atoms with Crippen molar-refractivity contribution in [3.05, 3.63) is 82.0 Å². The first-order valence-electron chi connectivity index (χ1n) is 10.3. The highest BCUT2D eigenvalue weighted by atomic mass is 32.1. The van der Waals surface area contributed by atoms with E-state index < -0.39 is 12.2 Å². The smallest absolute Gasteiger partial charge is 0.344 e. The van der Waals surface area contributed by atoms with Gasteiger partial charge in [-0.3, -0.25) is 0 Å². The summed E-state index contributed by atoms with van der Waals surface area (Å²) in [7, 11) is 0. The van der Waals surface area contributed by atoms with E-state index in [1.165, 1.54) is 0 Å². The summed E-state index contributed by atoms with van der Waals surface area (Å²) >= 11 is 1.69. The molecule has 0 aliphatic carbocycles. The number of carbonyl (C=O) groups is 1. The lowest BCUT2D eigenvalue weighted by molar-refractivity contribution is -0.145. The predicted octanol–water partition coefficient (Wildman–Crippen LogP) is 4.93. The number of hydrogen-bond donors (Lipinski definition) is 0. The van der Waals surface area contributed by atoms with Crippen LogP contribution in [0.4, 0.5) is 0 Å². The minimum Gasteiger partial charge on any atom is -0.481 e. The lowest BCUT2D eigenvalue weighted by atomic mass is 9.97. The topological polar surface area (TPSA) is 60.4 Å². The van der Waals surface area contributed by atoms with Gasteiger partial charge in [-0.25, -0.2) is 9.80 Å². The lowest BCUT2D eigenvalue weighted by Gasteiger charge is -2.38. The molecule has 2 aromatic carbocycles. The number of nitrogens with zero attached hydrogens (tertiary/aromatic N) is 2. The summed E-state index contributed by atoms with van der Waals surface area (Å²) < 4.78 is 17.2. The van der Waals surface area contributed by atoms with Crippen LogP contribution < -0.4 is 9.47 Å². The predicted molar refractivity (Wildman–Crippen MR) is 118 cm³/mol. The van der Waals surface area contributed by atoms with Gasteiger partial charge >= 0.3 is 5.97 Å². The molecule has 0 bridgehead atoms. The van der Waals surface area contributed by atoms with Gasteiger partial charge in [-0.05, 0) is 36.6 Å². The molecule has 6 nitrogen and oxygen atoms in total. The summed E-state index contributed by atoms with van der Waals surface area (Å²) in [6.07, 6.45) is 0.347. The van der Waals surface area contributed by atoms with Crippen molar-refractivity contribution in [2.45, 2.75) is 25.6 Å². The summed E-state index contributed by atoms with van der Waals surface area (Å²) in [6, 6.07) is 19.9. The number of carbonyl (C=O) groups excluding carboxylic acids is 1. The van der Waals surface area contributed by atoms with Crippen LogP contribution in [0.5, 0.6) is 11.5 Å². The maximum absolute atomic E-state index is 11.8. The standard InChI is InChI=1S/C24H22N2O4S/c1-2-28-23(27)15-29-20-10-5-4-9-17(20)24-26-19(16-8-3-6-11-21(16)30-24)14-18(25-26)22-12-7-13-31-22/h3-13,19,24H,2,14-15H2,1H3/t19-,24-/m1/s1. The highest BCUT2D eigenvalue weighted by molar-refractivity contribution is 7.12. The van der Waals surface area contributed by atoms with Gasteiger partial charge < -0.3 is 14.2 Å². The molecule has 0 unspecified atom stereocenters. The van der Waals surface area contributed by atoms with Crippen LogP contribution in [0.1, 0.15) is 41.6 Å². The van der Waals surface area contributed by atoms with E-state index in [-0.39, 0.29) is 12.6 Å². The summed E-state index contributed by atoms with van der Waals surface area (Å²) in [6.45, 7) is 1.94. The zero-order valence-electron chi connectivity index (χ0n) is 17.1. The van der Waals surface area contributed by atoms with E-state index in [9.17, 15) is 4.79 Å². The quantitative estimate of drug-likeness (QED) is 0.515. The van der Waals surface area contributed by atoms with Gasteiger partial charge in [0.2, 0.25) is 6.23 Å². The van der Waals surface area contributed by atoms with E-state index in [2.05, 4.69) is 17.5 Å². The van der Waals surface area contributed by atoms with E-state index >= 15 is 0 Å². The van der Waals surface area contributed by atoms with Crippen molar-refractivity contribution in [2.24, 2.45) is 5.10 Å². The third-order valence-electron chi connectivity index (χ3n) is 5.34. The molecule has 0 N–H and O–H groups in total. The molecule has 2 atom stereocenters. The van der Waals surface area contributed by atoms with Crippen LogP contribution in [0, 0.1) is 0 Å². The Hall–Kier alpha value is -3.32. The number of hydrogen-bond acceptors (Lipinski definition) is 7. The van der Waals surface area contributed by atoms with Crippen molar-refractivity contribution in [3.63, 3.8) is 0 Å². The average Bonchev–Trinajstić information content (AvgIpc) is 3.48. The number of thiophene rings is 1. The molecule has 3 aromatic rings. The van der Waals surface area contributed by atoms with Crippen LogP contribution in [-0.4, -0.2) is 29.9 Å². The second kappa shape index (κ2) is 8.43. The molecule has 0 saturated heterocycles. The van der Waals surface area contributed by atoms with E-state index in [0.29, 0.717) is 12.4 Å². The molecule has 2 aliphatic heterocycles. The summed E-state index contributed by atoms with van der Waals surface area (Å²) in [5.41, 5.74) is 3.00.